The molecule has 3 rings (SSSR count). The van der Waals surface area contributed by atoms with Crippen LogP contribution in [0.3, 0.4) is 0 Å². The summed E-state index contributed by atoms with van der Waals surface area (Å²) < 4.78 is 11.3. The van der Waals surface area contributed by atoms with Gasteiger partial charge >= 0.3 is 0 Å². The highest BCUT2D eigenvalue weighted by molar-refractivity contribution is 5.83. The molecule has 0 aliphatic heterocycles. The van der Waals surface area contributed by atoms with Gasteiger partial charge in [0, 0.05) is 5.39 Å². The first-order chi connectivity index (χ1) is 9.69. The predicted molar refractivity (Wildman–Crippen MR) is 81.1 cm³/mol. The Labute approximate surface area is 120 Å². The quantitative estimate of drug-likeness (QED) is 0.859. The topological polar surface area (TPSA) is 34.4 Å². The van der Waals surface area contributed by atoms with E-state index in [2.05, 4.69) is 31.3 Å². The fourth-order valence-corrected chi connectivity index (χ4v) is 2.73. The molecular formula is C17H23NO2. The molecule has 0 bridgehead atoms. The first-order valence-corrected chi connectivity index (χ1v) is 7.49. The van der Waals surface area contributed by atoms with Gasteiger partial charge in [0.05, 0.1) is 13.2 Å². The van der Waals surface area contributed by atoms with Crippen LogP contribution in [0.4, 0.5) is 0 Å². The van der Waals surface area contributed by atoms with Crippen molar-refractivity contribution in [3.05, 3.63) is 30.0 Å². The van der Waals surface area contributed by atoms with Crippen LogP contribution in [0.2, 0.25) is 0 Å². The van der Waals surface area contributed by atoms with Crippen molar-refractivity contribution in [3.8, 4) is 5.75 Å². The van der Waals surface area contributed by atoms with Gasteiger partial charge in [0.2, 0.25) is 0 Å². The fraction of sp³-hybridized carbons (Fsp3) is 0.529. The van der Waals surface area contributed by atoms with Gasteiger partial charge in [-0.15, -0.1) is 0 Å². The zero-order chi connectivity index (χ0) is 14.1. The fourth-order valence-electron chi connectivity index (χ4n) is 2.73. The van der Waals surface area contributed by atoms with E-state index in [-0.39, 0.29) is 6.04 Å². The number of rotatable bonds is 6. The molecule has 1 saturated carbocycles. The summed E-state index contributed by atoms with van der Waals surface area (Å²) in [5.41, 5.74) is 0.842. The minimum Gasteiger partial charge on any atom is -0.493 e. The normalized spacial score (nSPS) is 18.1. The first-order valence-electron chi connectivity index (χ1n) is 7.49. The maximum Gasteiger partial charge on any atom is 0.176 e. The second kappa shape index (κ2) is 5.49. The molecule has 1 aliphatic carbocycles. The lowest BCUT2D eigenvalue weighted by atomic mass is 10.1. The second-order valence-electron chi connectivity index (χ2n) is 5.97. The Hall–Kier alpha value is -1.48. The number of ether oxygens (including phenoxy) is 1. The van der Waals surface area contributed by atoms with Gasteiger partial charge in [0.1, 0.15) is 5.76 Å². The average molecular weight is 273 g/mol. The Morgan fingerprint density at radius 1 is 1.35 bits per heavy atom. The molecule has 0 radical (unpaired) electrons. The zero-order valence-electron chi connectivity index (χ0n) is 12.5. The van der Waals surface area contributed by atoms with E-state index in [0.717, 1.165) is 40.9 Å². The molecule has 108 valence electrons. The number of furan rings is 1. The first kappa shape index (κ1) is 13.5. The number of para-hydroxylation sites is 1. The third kappa shape index (κ3) is 2.68. The molecule has 1 fully saturated rings. The highest BCUT2D eigenvalue weighted by Gasteiger charge is 2.28. The lowest BCUT2D eigenvalue weighted by Crippen LogP contribution is -2.25. The van der Waals surface area contributed by atoms with Crippen LogP contribution in [0.25, 0.3) is 11.0 Å². The van der Waals surface area contributed by atoms with E-state index in [4.69, 9.17) is 9.15 Å². The van der Waals surface area contributed by atoms with Gasteiger partial charge in [0.15, 0.2) is 11.3 Å². The van der Waals surface area contributed by atoms with Crippen molar-refractivity contribution in [3.63, 3.8) is 0 Å². The van der Waals surface area contributed by atoms with Gasteiger partial charge in [-0.1, -0.05) is 19.1 Å². The standard InChI is InChI=1S/C17H23NO2/c1-11(13-7-8-13)10-18-12(2)16-9-14-5-4-6-15(19-3)17(14)20-16/h4-6,9,11-13,18H,7-8,10H2,1-3H3. The van der Waals surface area contributed by atoms with E-state index >= 15 is 0 Å². The molecule has 2 unspecified atom stereocenters. The molecule has 1 N–H and O–H groups in total. The maximum atomic E-state index is 5.97. The van der Waals surface area contributed by atoms with Crippen molar-refractivity contribution in [2.75, 3.05) is 13.7 Å². The molecule has 0 spiro atoms. The molecule has 2 atom stereocenters. The van der Waals surface area contributed by atoms with Gasteiger partial charge in [-0.3, -0.25) is 0 Å². The van der Waals surface area contributed by atoms with E-state index < -0.39 is 0 Å². The lowest BCUT2D eigenvalue weighted by molar-refractivity contribution is 0.384. The summed E-state index contributed by atoms with van der Waals surface area (Å²) in [5, 5.41) is 4.68. The van der Waals surface area contributed by atoms with Crippen molar-refractivity contribution >= 4 is 11.0 Å². The lowest BCUT2D eigenvalue weighted by Gasteiger charge is -2.15. The van der Waals surface area contributed by atoms with Crippen molar-refractivity contribution in [2.45, 2.75) is 32.7 Å². The minimum absolute atomic E-state index is 0.230. The van der Waals surface area contributed by atoms with Crippen LogP contribution in [0.1, 0.15) is 38.5 Å². The molecule has 20 heavy (non-hydrogen) atoms. The van der Waals surface area contributed by atoms with Crippen LogP contribution < -0.4 is 10.1 Å². The molecule has 3 nitrogen and oxygen atoms in total. The number of benzene rings is 1. The molecule has 0 saturated heterocycles. The minimum atomic E-state index is 0.230. The van der Waals surface area contributed by atoms with Crippen LogP contribution >= 0.6 is 0 Å². The molecule has 0 amide bonds. The second-order valence-corrected chi connectivity index (χ2v) is 5.97. The summed E-state index contributed by atoms with van der Waals surface area (Å²) in [6.45, 7) is 5.54. The van der Waals surface area contributed by atoms with Crippen LogP contribution in [-0.2, 0) is 0 Å². The Kier molecular flexibility index (Phi) is 3.70. The Morgan fingerprint density at radius 3 is 2.85 bits per heavy atom. The number of hydrogen-bond acceptors (Lipinski definition) is 3. The number of fused-ring (bicyclic) bond motifs is 1. The van der Waals surface area contributed by atoms with E-state index in [1.165, 1.54) is 12.8 Å². The monoisotopic (exact) mass is 273 g/mol. The average Bonchev–Trinajstić information content (AvgIpc) is 3.22. The zero-order valence-corrected chi connectivity index (χ0v) is 12.5. The van der Waals surface area contributed by atoms with Crippen molar-refractivity contribution < 1.29 is 9.15 Å². The van der Waals surface area contributed by atoms with E-state index in [9.17, 15) is 0 Å². The highest BCUT2D eigenvalue weighted by atomic mass is 16.5. The van der Waals surface area contributed by atoms with E-state index in [1.54, 1.807) is 7.11 Å². The van der Waals surface area contributed by atoms with Gasteiger partial charge in [-0.05, 0) is 50.3 Å². The van der Waals surface area contributed by atoms with Crippen LogP contribution in [-0.4, -0.2) is 13.7 Å². The van der Waals surface area contributed by atoms with Gasteiger partial charge in [-0.25, -0.2) is 0 Å². The maximum absolute atomic E-state index is 5.97. The third-order valence-corrected chi connectivity index (χ3v) is 4.35. The summed E-state index contributed by atoms with van der Waals surface area (Å²) in [6, 6.07) is 8.33. The summed E-state index contributed by atoms with van der Waals surface area (Å²) in [4.78, 5) is 0. The SMILES string of the molecule is COc1cccc2cc(C(C)NCC(C)C3CC3)oc12. The molecule has 1 aromatic carbocycles. The van der Waals surface area contributed by atoms with Crippen LogP contribution in [0, 0.1) is 11.8 Å². The number of methoxy groups -OCH3 is 1. The van der Waals surface area contributed by atoms with Gasteiger partial charge in [0.25, 0.3) is 0 Å². The van der Waals surface area contributed by atoms with Crippen molar-refractivity contribution in [2.24, 2.45) is 11.8 Å². The Balaban J connectivity index is 1.72. The Morgan fingerprint density at radius 2 is 2.15 bits per heavy atom. The highest BCUT2D eigenvalue weighted by Crippen LogP contribution is 2.36. The van der Waals surface area contributed by atoms with Gasteiger partial charge < -0.3 is 14.5 Å². The number of nitrogens with one attached hydrogen (secondary N) is 1. The molecule has 1 aliphatic rings. The molecule has 1 heterocycles. The predicted octanol–water partition coefficient (Wildman–Crippen LogP) is 4.14. The largest absolute Gasteiger partial charge is 0.493 e. The molecular weight excluding hydrogens is 250 g/mol. The van der Waals surface area contributed by atoms with Gasteiger partial charge in [-0.2, -0.15) is 0 Å². The van der Waals surface area contributed by atoms with Crippen LogP contribution in [0.15, 0.2) is 28.7 Å². The molecule has 2 aromatic rings. The third-order valence-electron chi connectivity index (χ3n) is 4.35. The van der Waals surface area contributed by atoms with Crippen LogP contribution in [0.5, 0.6) is 5.75 Å². The summed E-state index contributed by atoms with van der Waals surface area (Å²) >= 11 is 0. The van der Waals surface area contributed by atoms with E-state index in [0.29, 0.717) is 0 Å². The summed E-state index contributed by atoms with van der Waals surface area (Å²) in [6.07, 6.45) is 2.80. The summed E-state index contributed by atoms with van der Waals surface area (Å²) in [5.74, 6) is 3.47. The molecule has 3 heteroatoms. The van der Waals surface area contributed by atoms with Crippen molar-refractivity contribution in [1.29, 1.82) is 0 Å². The smallest absolute Gasteiger partial charge is 0.176 e. The Bertz CT molecular complexity index is 586. The van der Waals surface area contributed by atoms with E-state index in [1.807, 2.05) is 12.1 Å². The number of hydrogen-bond donors (Lipinski definition) is 1. The summed E-state index contributed by atoms with van der Waals surface area (Å²) in [7, 11) is 1.68. The molecule has 1 aromatic heterocycles. The van der Waals surface area contributed by atoms with Crippen molar-refractivity contribution in [1.82, 2.24) is 5.32 Å².